The lowest BCUT2D eigenvalue weighted by Gasteiger charge is -2.20. The molecule has 1 aliphatic rings. The van der Waals surface area contributed by atoms with Crippen LogP contribution in [0.1, 0.15) is 25.8 Å². The third-order valence-electron chi connectivity index (χ3n) is 4.71. The largest absolute Gasteiger partial charge is 0.347 e. The molecule has 0 bridgehead atoms. The predicted molar refractivity (Wildman–Crippen MR) is 84.6 cm³/mol. The number of hydrogen-bond acceptors (Lipinski definition) is 2. The molecule has 108 valence electrons. The number of benzene rings is 1. The van der Waals surface area contributed by atoms with Crippen molar-refractivity contribution < 1.29 is 0 Å². The van der Waals surface area contributed by atoms with Gasteiger partial charge in [0, 0.05) is 42.8 Å². The number of fused-ring (bicyclic) bond motifs is 1. The van der Waals surface area contributed by atoms with Gasteiger partial charge >= 0.3 is 0 Å². The lowest BCUT2D eigenvalue weighted by Crippen LogP contribution is -2.27. The summed E-state index contributed by atoms with van der Waals surface area (Å²) < 4.78 is 2.35. The SMILES string of the molecule is CCn1cc(CN2CC(CN)CC2C)c2ccccc21. The van der Waals surface area contributed by atoms with Crippen molar-refractivity contribution in [3.63, 3.8) is 0 Å². The maximum atomic E-state index is 5.84. The van der Waals surface area contributed by atoms with E-state index in [1.165, 1.54) is 22.9 Å². The van der Waals surface area contributed by atoms with Crippen molar-refractivity contribution in [3.8, 4) is 0 Å². The molecule has 2 unspecified atom stereocenters. The van der Waals surface area contributed by atoms with Crippen LogP contribution < -0.4 is 5.73 Å². The molecule has 0 saturated carbocycles. The van der Waals surface area contributed by atoms with Crippen LogP contribution in [-0.2, 0) is 13.1 Å². The second-order valence-electron chi connectivity index (χ2n) is 6.07. The highest BCUT2D eigenvalue weighted by atomic mass is 15.2. The number of likely N-dealkylation sites (tertiary alicyclic amines) is 1. The van der Waals surface area contributed by atoms with E-state index in [4.69, 9.17) is 5.73 Å². The van der Waals surface area contributed by atoms with E-state index in [2.05, 4.69) is 53.8 Å². The number of aromatic nitrogens is 1. The minimum Gasteiger partial charge on any atom is -0.347 e. The van der Waals surface area contributed by atoms with Crippen molar-refractivity contribution >= 4 is 10.9 Å². The Morgan fingerprint density at radius 3 is 2.80 bits per heavy atom. The molecule has 2 heterocycles. The standard InChI is InChI=1S/C17H25N3/c1-3-19-11-15(16-6-4-5-7-17(16)19)12-20-10-14(9-18)8-13(20)2/h4-7,11,13-14H,3,8-10,12,18H2,1-2H3. The third kappa shape index (κ3) is 2.36. The molecule has 1 aromatic carbocycles. The summed E-state index contributed by atoms with van der Waals surface area (Å²) >= 11 is 0. The van der Waals surface area contributed by atoms with E-state index in [0.29, 0.717) is 12.0 Å². The van der Waals surface area contributed by atoms with Crippen molar-refractivity contribution in [2.45, 2.75) is 39.4 Å². The zero-order chi connectivity index (χ0) is 14.1. The van der Waals surface area contributed by atoms with Crippen LogP contribution in [-0.4, -0.2) is 28.6 Å². The molecule has 2 N–H and O–H groups in total. The van der Waals surface area contributed by atoms with Crippen LogP contribution in [0.4, 0.5) is 0 Å². The topological polar surface area (TPSA) is 34.2 Å². The lowest BCUT2D eigenvalue weighted by molar-refractivity contribution is 0.256. The van der Waals surface area contributed by atoms with Crippen LogP contribution in [0, 0.1) is 5.92 Å². The van der Waals surface area contributed by atoms with Gasteiger partial charge in [-0.15, -0.1) is 0 Å². The predicted octanol–water partition coefficient (Wildman–Crippen LogP) is 2.83. The molecular formula is C17H25N3. The molecular weight excluding hydrogens is 246 g/mol. The second-order valence-corrected chi connectivity index (χ2v) is 6.07. The number of aryl methyl sites for hydroxylation is 1. The summed E-state index contributed by atoms with van der Waals surface area (Å²) in [5.74, 6) is 0.671. The van der Waals surface area contributed by atoms with E-state index in [1.807, 2.05) is 0 Å². The van der Waals surface area contributed by atoms with Gasteiger partial charge in [0.1, 0.15) is 0 Å². The molecule has 0 radical (unpaired) electrons. The number of rotatable bonds is 4. The van der Waals surface area contributed by atoms with Crippen molar-refractivity contribution in [1.29, 1.82) is 0 Å². The second kappa shape index (κ2) is 5.58. The molecule has 1 fully saturated rings. The van der Waals surface area contributed by atoms with Crippen molar-refractivity contribution in [1.82, 2.24) is 9.47 Å². The summed E-state index contributed by atoms with van der Waals surface area (Å²) in [4.78, 5) is 2.58. The summed E-state index contributed by atoms with van der Waals surface area (Å²) in [6.07, 6.45) is 3.57. The Kier molecular flexibility index (Phi) is 3.81. The minimum atomic E-state index is 0.646. The Labute approximate surface area is 121 Å². The minimum absolute atomic E-state index is 0.646. The highest BCUT2D eigenvalue weighted by Crippen LogP contribution is 2.28. The molecule has 3 rings (SSSR count). The third-order valence-corrected chi connectivity index (χ3v) is 4.71. The van der Waals surface area contributed by atoms with E-state index in [9.17, 15) is 0 Å². The monoisotopic (exact) mass is 271 g/mol. The first-order valence-corrected chi connectivity index (χ1v) is 7.73. The molecule has 3 nitrogen and oxygen atoms in total. The van der Waals surface area contributed by atoms with Gasteiger partial charge in [-0.05, 0) is 44.4 Å². The normalized spacial score (nSPS) is 23.8. The van der Waals surface area contributed by atoms with Gasteiger partial charge in [0.25, 0.3) is 0 Å². The fraction of sp³-hybridized carbons (Fsp3) is 0.529. The van der Waals surface area contributed by atoms with Gasteiger partial charge in [0.15, 0.2) is 0 Å². The zero-order valence-corrected chi connectivity index (χ0v) is 12.5. The molecule has 0 aliphatic carbocycles. The highest BCUT2D eigenvalue weighted by Gasteiger charge is 2.28. The Hall–Kier alpha value is -1.32. The van der Waals surface area contributed by atoms with E-state index in [1.54, 1.807) is 0 Å². The Balaban J connectivity index is 1.88. The van der Waals surface area contributed by atoms with Gasteiger partial charge in [0.2, 0.25) is 0 Å². The van der Waals surface area contributed by atoms with Crippen molar-refractivity contribution in [2.75, 3.05) is 13.1 Å². The fourth-order valence-corrected chi connectivity index (χ4v) is 3.54. The summed E-state index contributed by atoms with van der Waals surface area (Å²) in [5.41, 5.74) is 8.64. The quantitative estimate of drug-likeness (QED) is 0.928. The Morgan fingerprint density at radius 1 is 1.30 bits per heavy atom. The van der Waals surface area contributed by atoms with Crippen LogP contribution in [0.15, 0.2) is 30.5 Å². The van der Waals surface area contributed by atoms with Gasteiger partial charge in [-0.25, -0.2) is 0 Å². The van der Waals surface area contributed by atoms with Gasteiger partial charge in [0.05, 0.1) is 0 Å². The van der Waals surface area contributed by atoms with Crippen LogP contribution in [0.5, 0.6) is 0 Å². The van der Waals surface area contributed by atoms with Crippen molar-refractivity contribution in [2.24, 2.45) is 11.7 Å². The number of nitrogens with two attached hydrogens (primary N) is 1. The van der Waals surface area contributed by atoms with E-state index in [0.717, 1.165) is 26.2 Å². The maximum Gasteiger partial charge on any atom is 0.0483 e. The highest BCUT2D eigenvalue weighted by molar-refractivity contribution is 5.83. The van der Waals surface area contributed by atoms with E-state index < -0.39 is 0 Å². The first-order valence-electron chi connectivity index (χ1n) is 7.73. The number of hydrogen-bond donors (Lipinski definition) is 1. The first-order chi connectivity index (χ1) is 9.72. The summed E-state index contributed by atoms with van der Waals surface area (Å²) in [6, 6.07) is 9.38. The average molecular weight is 271 g/mol. The number of para-hydroxylation sites is 1. The smallest absolute Gasteiger partial charge is 0.0483 e. The summed E-state index contributed by atoms with van der Waals surface area (Å²) in [7, 11) is 0. The molecule has 2 atom stereocenters. The molecule has 0 amide bonds. The van der Waals surface area contributed by atoms with Gasteiger partial charge < -0.3 is 10.3 Å². The molecule has 1 saturated heterocycles. The molecule has 0 spiro atoms. The summed E-state index contributed by atoms with van der Waals surface area (Å²) in [6.45, 7) is 8.57. The molecule has 1 aliphatic heterocycles. The van der Waals surface area contributed by atoms with Crippen LogP contribution in [0.3, 0.4) is 0 Å². The van der Waals surface area contributed by atoms with Gasteiger partial charge in [-0.3, -0.25) is 4.90 Å². The van der Waals surface area contributed by atoms with Crippen LogP contribution >= 0.6 is 0 Å². The fourth-order valence-electron chi connectivity index (χ4n) is 3.54. The van der Waals surface area contributed by atoms with E-state index in [-0.39, 0.29) is 0 Å². The lowest BCUT2D eigenvalue weighted by atomic mass is 10.1. The molecule has 3 heteroatoms. The molecule has 20 heavy (non-hydrogen) atoms. The van der Waals surface area contributed by atoms with Crippen LogP contribution in [0.25, 0.3) is 10.9 Å². The maximum absolute atomic E-state index is 5.84. The van der Waals surface area contributed by atoms with E-state index >= 15 is 0 Å². The van der Waals surface area contributed by atoms with Gasteiger partial charge in [-0.1, -0.05) is 18.2 Å². The summed E-state index contributed by atoms with van der Waals surface area (Å²) in [5, 5.41) is 1.40. The Morgan fingerprint density at radius 2 is 2.10 bits per heavy atom. The van der Waals surface area contributed by atoms with Crippen molar-refractivity contribution in [3.05, 3.63) is 36.0 Å². The number of nitrogens with zero attached hydrogens (tertiary/aromatic N) is 2. The first kappa shape index (κ1) is 13.7. The molecule has 1 aromatic heterocycles. The average Bonchev–Trinajstić information content (AvgIpc) is 3.01. The van der Waals surface area contributed by atoms with Gasteiger partial charge in [-0.2, -0.15) is 0 Å². The van der Waals surface area contributed by atoms with Crippen LogP contribution in [0.2, 0.25) is 0 Å². The Bertz CT molecular complexity index is 587. The molecule has 2 aromatic rings. The zero-order valence-electron chi connectivity index (χ0n) is 12.5.